The molecule has 2 aromatic rings. The number of primary sulfonamides is 1. The Labute approximate surface area is 151 Å². The predicted molar refractivity (Wildman–Crippen MR) is 94.1 cm³/mol. The molecule has 0 fully saturated rings. The van der Waals surface area contributed by atoms with Crippen LogP contribution in [0, 0.1) is 5.82 Å². The molecule has 2 rings (SSSR count). The number of nitrogens with one attached hydrogen (secondary N) is 1. The Kier molecular flexibility index (Phi) is 6.11. The van der Waals surface area contributed by atoms with Gasteiger partial charge in [-0.05, 0) is 55.0 Å². The van der Waals surface area contributed by atoms with E-state index in [0.29, 0.717) is 5.69 Å². The minimum atomic E-state index is -3.81. The maximum absolute atomic E-state index is 12.8. The molecule has 1 amide bonds. The first kappa shape index (κ1) is 20.0. The lowest BCUT2D eigenvalue weighted by molar-refractivity contribution is -0.116. The molecule has 0 bridgehead atoms. The van der Waals surface area contributed by atoms with Crippen LogP contribution in [0.2, 0.25) is 0 Å². The fourth-order valence-corrected chi connectivity index (χ4v) is 3.96. The molecule has 140 valence electrons. The normalized spacial score (nSPS) is 11.9. The summed E-state index contributed by atoms with van der Waals surface area (Å²) in [4.78, 5) is 11.8. The van der Waals surface area contributed by atoms with Crippen LogP contribution in [-0.2, 0) is 24.7 Å². The van der Waals surface area contributed by atoms with Gasteiger partial charge in [0.05, 0.1) is 15.5 Å². The first-order valence-electron chi connectivity index (χ1n) is 7.49. The topological polar surface area (TPSA) is 123 Å². The lowest BCUT2D eigenvalue weighted by atomic mass is 10.3. The second-order valence-electron chi connectivity index (χ2n) is 5.49. The van der Waals surface area contributed by atoms with E-state index in [2.05, 4.69) is 5.32 Å². The van der Waals surface area contributed by atoms with Crippen molar-refractivity contribution in [2.24, 2.45) is 5.14 Å². The molecular formula is C16H17FN2O5S2. The van der Waals surface area contributed by atoms with Gasteiger partial charge < -0.3 is 5.32 Å². The summed E-state index contributed by atoms with van der Waals surface area (Å²) in [5, 5.41) is 7.51. The molecule has 0 aliphatic carbocycles. The van der Waals surface area contributed by atoms with Crippen molar-refractivity contribution in [3.8, 4) is 0 Å². The van der Waals surface area contributed by atoms with Crippen LogP contribution in [-0.4, -0.2) is 28.5 Å². The van der Waals surface area contributed by atoms with E-state index in [9.17, 15) is 26.0 Å². The predicted octanol–water partition coefficient (Wildman–Crippen LogP) is 1.67. The summed E-state index contributed by atoms with van der Waals surface area (Å²) in [6.45, 7) is 0. The third-order valence-electron chi connectivity index (χ3n) is 3.46. The molecule has 10 heteroatoms. The molecule has 0 heterocycles. The van der Waals surface area contributed by atoms with E-state index in [1.54, 1.807) is 0 Å². The summed E-state index contributed by atoms with van der Waals surface area (Å²) in [5.74, 6) is -1.20. The molecule has 2 aromatic carbocycles. The minimum absolute atomic E-state index is 0.00195. The third-order valence-corrected chi connectivity index (χ3v) is 6.20. The van der Waals surface area contributed by atoms with Crippen LogP contribution >= 0.6 is 0 Å². The van der Waals surface area contributed by atoms with Crippen molar-refractivity contribution in [3.05, 3.63) is 54.3 Å². The van der Waals surface area contributed by atoms with Gasteiger partial charge in [0.15, 0.2) is 9.84 Å². The number of benzene rings is 2. The summed E-state index contributed by atoms with van der Waals surface area (Å²) >= 11 is 0. The maximum atomic E-state index is 12.8. The van der Waals surface area contributed by atoms with Gasteiger partial charge >= 0.3 is 0 Å². The molecule has 0 saturated carbocycles. The van der Waals surface area contributed by atoms with Gasteiger partial charge in [0.25, 0.3) is 0 Å². The molecule has 0 aliphatic heterocycles. The first-order chi connectivity index (χ1) is 12.1. The van der Waals surface area contributed by atoms with Crippen molar-refractivity contribution in [2.75, 3.05) is 11.1 Å². The SMILES string of the molecule is NS(=O)(=O)c1ccc(NC(=O)CCCS(=O)(=O)c2ccc(F)cc2)cc1. The Morgan fingerprint density at radius 3 is 2.00 bits per heavy atom. The molecule has 26 heavy (non-hydrogen) atoms. The number of hydrogen-bond donors (Lipinski definition) is 2. The van der Waals surface area contributed by atoms with Crippen LogP contribution in [0.1, 0.15) is 12.8 Å². The van der Waals surface area contributed by atoms with E-state index in [1.165, 1.54) is 36.4 Å². The Bertz CT molecular complexity index is 986. The van der Waals surface area contributed by atoms with E-state index in [1.807, 2.05) is 0 Å². The highest BCUT2D eigenvalue weighted by molar-refractivity contribution is 7.91. The van der Waals surface area contributed by atoms with Crippen molar-refractivity contribution in [3.63, 3.8) is 0 Å². The summed E-state index contributed by atoms with van der Waals surface area (Å²) < 4.78 is 59.3. The molecule has 0 aromatic heterocycles. The number of hydrogen-bond acceptors (Lipinski definition) is 5. The number of anilines is 1. The number of sulfone groups is 1. The molecule has 3 N–H and O–H groups in total. The van der Waals surface area contributed by atoms with Gasteiger partial charge in [0.1, 0.15) is 5.82 Å². The van der Waals surface area contributed by atoms with Crippen molar-refractivity contribution >= 4 is 31.5 Å². The summed E-state index contributed by atoms with van der Waals surface area (Å²) in [5.41, 5.74) is 0.365. The van der Waals surface area contributed by atoms with Gasteiger partial charge in [-0.2, -0.15) is 0 Å². The van der Waals surface area contributed by atoms with E-state index in [4.69, 9.17) is 5.14 Å². The Hall–Kier alpha value is -2.30. The number of rotatable bonds is 7. The molecule has 7 nitrogen and oxygen atoms in total. The van der Waals surface area contributed by atoms with Crippen molar-refractivity contribution in [1.82, 2.24) is 0 Å². The molecule has 0 unspecified atom stereocenters. The molecular weight excluding hydrogens is 383 g/mol. The van der Waals surface area contributed by atoms with Crippen molar-refractivity contribution in [1.29, 1.82) is 0 Å². The lowest BCUT2D eigenvalue weighted by Crippen LogP contribution is -2.15. The number of amides is 1. The van der Waals surface area contributed by atoms with E-state index in [-0.39, 0.29) is 28.4 Å². The van der Waals surface area contributed by atoms with Gasteiger partial charge in [-0.3, -0.25) is 4.79 Å². The Morgan fingerprint density at radius 1 is 0.923 bits per heavy atom. The quantitative estimate of drug-likeness (QED) is 0.684. The average molecular weight is 400 g/mol. The second-order valence-corrected chi connectivity index (χ2v) is 9.16. The van der Waals surface area contributed by atoms with Crippen LogP contribution in [0.5, 0.6) is 0 Å². The largest absolute Gasteiger partial charge is 0.326 e. The lowest BCUT2D eigenvalue weighted by Gasteiger charge is -2.07. The van der Waals surface area contributed by atoms with Crippen LogP contribution < -0.4 is 10.5 Å². The smallest absolute Gasteiger partial charge is 0.238 e. The Balaban J connectivity index is 1.88. The molecule has 0 radical (unpaired) electrons. The maximum Gasteiger partial charge on any atom is 0.238 e. The zero-order valence-corrected chi connectivity index (χ0v) is 15.2. The molecule has 0 atom stereocenters. The van der Waals surface area contributed by atoms with Gasteiger partial charge in [-0.15, -0.1) is 0 Å². The number of halogens is 1. The fraction of sp³-hybridized carbons (Fsp3) is 0.188. The Morgan fingerprint density at radius 2 is 1.46 bits per heavy atom. The fourth-order valence-electron chi connectivity index (χ4n) is 2.13. The first-order valence-corrected chi connectivity index (χ1v) is 10.7. The van der Waals surface area contributed by atoms with Crippen LogP contribution in [0.25, 0.3) is 0 Å². The molecule has 0 spiro atoms. The van der Waals surface area contributed by atoms with Gasteiger partial charge in [0, 0.05) is 12.1 Å². The highest BCUT2D eigenvalue weighted by atomic mass is 32.2. The zero-order valence-electron chi connectivity index (χ0n) is 13.6. The van der Waals surface area contributed by atoms with Crippen molar-refractivity contribution < 1.29 is 26.0 Å². The van der Waals surface area contributed by atoms with E-state index < -0.39 is 31.6 Å². The van der Waals surface area contributed by atoms with E-state index in [0.717, 1.165) is 12.1 Å². The van der Waals surface area contributed by atoms with Gasteiger partial charge in [0.2, 0.25) is 15.9 Å². The van der Waals surface area contributed by atoms with Gasteiger partial charge in [-0.25, -0.2) is 26.4 Å². The summed E-state index contributed by atoms with van der Waals surface area (Å²) in [6, 6.07) is 9.75. The van der Waals surface area contributed by atoms with E-state index >= 15 is 0 Å². The van der Waals surface area contributed by atoms with Crippen molar-refractivity contribution in [2.45, 2.75) is 22.6 Å². The third kappa shape index (κ3) is 5.61. The average Bonchev–Trinajstić information content (AvgIpc) is 2.54. The highest BCUT2D eigenvalue weighted by Gasteiger charge is 2.15. The summed E-state index contributed by atoms with van der Waals surface area (Å²) in [7, 11) is -7.41. The number of carbonyl (C=O) groups excluding carboxylic acids is 1. The van der Waals surface area contributed by atoms with Crippen LogP contribution in [0.4, 0.5) is 10.1 Å². The monoisotopic (exact) mass is 400 g/mol. The highest BCUT2D eigenvalue weighted by Crippen LogP contribution is 2.15. The second kappa shape index (κ2) is 7.94. The number of sulfonamides is 1. The standard InChI is InChI=1S/C16H17FN2O5S2/c17-12-3-7-14(8-4-12)25(21,22)11-1-2-16(20)19-13-5-9-15(10-6-13)26(18,23)24/h3-10H,1-2,11H2,(H,19,20)(H2,18,23,24). The van der Waals surface area contributed by atoms with Crippen LogP contribution in [0.15, 0.2) is 58.3 Å². The number of carbonyl (C=O) groups is 1. The van der Waals surface area contributed by atoms with Gasteiger partial charge in [-0.1, -0.05) is 0 Å². The minimum Gasteiger partial charge on any atom is -0.326 e. The number of nitrogens with two attached hydrogens (primary N) is 1. The molecule has 0 aliphatic rings. The summed E-state index contributed by atoms with van der Waals surface area (Å²) in [6.07, 6.45) is 0.0399. The molecule has 0 saturated heterocycles. The zero-order chi connectivity index (χ0) is 19.4. The van der Waals surface area contributed by atoms with Crippen LogP contribution in [0.3, 0.4) is 0 Å².